The number of halogens is 3. The van der Waals surface area contributed by atoms with Gasteiger partial charge in [-0.2, -0.15) is 0 Å². The van der Waals surface area contributed by atoms with Crippen LogP contribution in [0.1, 0.15) is 5.56 Å². The van der Waals surface area contributed by atoms with Crippen LogP contribution in [0, 0.1) is 0 Å². The van der Waals surface area contributed by atoms with Crippen LogP contribution in [0.4, 0.5) is 18.9 Å². The first kappa shape index (κ1) is 16.8. The van der Waals surface area contributed by atoms with E-state index in [2.05, 4.69) is 10.1 Å². The molecule has 7 heteroatoms. The number of nitrogens with one attached hydrogen (secondary N) is 1. The van der Waals surface area contributed by atoms with Crippen LogP contribution in [0.5, 0.6) is 5.75 Å². The van der Waals surface area contributed by atoms with Crippen LogP contribution in [0.15, 0.2) is 64.2 Å². The molecule has 0 radical (unpaired) electrons. The van der Waals surface area contributed by atoms with Crippen molar-refractivity contribution >= 4 is 5.69 Å². The molecular weight excluding hydrogens is 335 g/mol. The van der Waals surface area contributed by atoms with Gasteiger partial charge in [-0.15, -0.1) is 13.2 Å². The standard InChI is InChI=1S/C18H12F3NO3/c19-18(20,21)25-13-8-6-11(7-9-13)10-22-15-14(16(23)17(15)24)12-4-2-1-3-5-12/h1-9,22H,10H2. The molecule has 0 aliphatic carbocycles. The normalized spacial score (nSPS) is 11.5. The summed E-state index contributed by atoms with van der Waals surface area (Å²) in [6.07, 6.45) is -4.74. The zero-order chi connectivity index (χ0) is 18.0. The van der Waals surface area contributed by atoms with Gasteiger partial charge in [-0.3, -0.25) is 9.59 Å². The second-order valence-electron chi connectivity index (χ2n) is 5.32. The van der Waals surface area contributed by atoms with E-state index in [1.54, 1.807) is 30.3 Å². The minimum Gasteiger partial charge on any atom is -0.406 e. The molecule has 0 heterocycles. The topological polar surface area (TPSA) is 55.4 Å². The number of alkyl halides is 3. The molecule has 0 amide bonds. The van der Waals surface area contributed by atoms with E-state index >= 15 is 0 Å². The summed E-state index contributed by atoms with van der Waals surface area (Å²) >= 11 is 0. The lowest BCUT2D eigenvalue weighted by Crippen LogP contribution is -2.36. The zero-order valence-corrected chi connectivity index (χ0v) is 12.8. The number of hydrogen-bond acceptors (Lipinski definition) is 4. The molecule has 3 aromatic carbocycles. The van der Waals surface area contributed by atoms with Crippen molar-refractivity contribution < 1.29 is 17.9 Å². The summed E-state index contributed by atoms with van der Waals surface area (Å²) in [6, 6.07) is 14.0. The Morgan fingerprint density at radius 3 is 2.12 bits per heavy atom. The summed E-state index contributed by atoms with van der Waals surface area (Å²) in [5, 5.41) is 2.88. The molecule has 4 nitrogen and oxygen atoms in total. The van der Waals surface area contributed by atoms with Crippen molar-refractivity contribution in [1.82, 2.24) is 0 Å². The third-order valence-electron chi connectivity index (χ3n) is 3.60. The van der Waals surface area contributed by atoms with Gasteiger partial charge in [0.15, 0.2) is 0 Å². The summed E-state index contributed by atoms with van der Waals surface area (Å²) in [6.45, 7) is 0.191. The Kier molecular flexibility index (Phi) is 4.31. The predicted octanol–water partition coefficient (Wildman–Crippen LogP) is 3.46. The van der Waals surface area contributed by atoms with Gasteiger partial charge in [0.2, 0.25) is 10.9 Å². The maximum Gasteiger partial charge on any atom is 0.573 e. The molecule has 0 aliphatic rings. The Balaban J connectivity index is 1.72. The van der Waals surface area contributed by atoms with Crippen LogP contribution in [-0.4, -0.2) is 6.36 Å². The van der Waals surface area contributed by atoms with Crippen LogP contribution < -0.4 is 20.9 Å². The van der Waals surface area contributed by atoms with Gasteiger partial charge in [0, 0.05) is 6.54 Å². The summed E-state index contributed by atoms with van der Waals surface area (Å²) in [4.78, 5) is 23.6. The van der Waals surface area contributed by atoms with Crippen LogP contribution in [0.2, 0.25) is 0 Å². The average molecular weight is 347 g/mol. The molecule has 0 saturated carbocycles. The number of rotatable bonds is 5. The highest BCUT2D eigenvalue weighted by Gasteiger charge is 2.31. The molecule has 25 heavy (non-hydrogen) atoms. The van der Waals surface area contributed by atoms with Gasteiger partial charge >= 0.3 is 6.36 Å². The lowest BCUT2D eigenvalue weighted by Gasteiger charge is -2.14. The van der Waals surface area contributed by atoms with Crippen molar-refractivity contribution in [3.8, 4) is 16.9 Å². The maximum atomic E-state index is 12.1. The van der Waals surface area contributed by atoms with E-state index in [0.29, 0.717) is 16.7 Å². The highest BCUT2D eigenvalue weighted by molar-refractivity contribution is 5.81. The smallest absolute Gasteiger partial charge is 0.406 e. The van der Waals surface area contributed by atoms with Crippen LogP contribution in [0.25, 0.3) is 11.1 Å². The first-order valence-corrected chi connectivity index (χ1v) is 7.32. The SMILES string of the molecule is O=c1c(NCc2ccc(OC(F)(F)F)cc2)c(-c2ccccc2)c1=O. The third kappa shape index (κ3) is 3.71. The van der Waals surface area contributed by atoms with Crippen molar-refractivity contribution in [2.45, 2.75) is 12.9 Å². The van der Waals surface area contributed by atoms with Crippen LogP contribution in [-0.2, 0) is 6.54 Å². The van der Waals surface area contributed by atoms with Crippen molar-refractivity contribution in [3.05, 3.63) is 80.6 Å². The molecule has 0 bridgehead atoms. The van der Waals surface area contributed by atoms with Gasteiger partial charge in [-0.05, 0) is 23.3 Å². The van der Waals surface area contributed by atoms with E-state index in [0.717, 1.165) is 0 Å². The lowest BCUT2D eigenvalue weighted by atomic mass is 9.98. The number of anilines is 1. The van der Waals surface area contributed by atoms with Crippen molar-refractivity contribution in [1.29, 1.82) is 0 Å². The van der Waals surface area contributed by atoms with Gasteiger partial charge in [0.05, 0.1) is 11.3 Å². The third-order valence-corrected chi connectivity index (χ3v) is 3.60. The largest absolute Gasteiger partial charge is 0.573 e. The average Bonchev–Trinajstić information content (AvgIpc) is 2.58. The number of ether oxygens (including phenoxy) is 1. The van der Waals surface area contributed by atoms with Crippen molar-refractivity contribution in [2.24, 2.45) is 0 Å². The molecule has 1 N–H and O–H groups in total. The molecule has 0 aliphatic heterocycles. The van der Waals surface area contributed by atoms with E-state index in [1.807, 2.05) is 0 Å². The minimum absolute atomic E-state index is 0.191. The van der Waals surface area contributed by atoms with Crippen LogP contribution in [0.3, 0.4) is 0 Å². The molecule has 0 atom stereocenters. The van der Waals surface area contributed by atoms with Crippen molar-refractivity contribution in [2.75, 3.05) is 5.32 Å². The Bertz CT molecular complexity index is 941. The summed E-state index contributed by atoms with van der Waals surface area (Å²) in [5.41, 5.74) is 0.665. The van der Waals surface area contributed by atoms with Gasteiger partial charge in [0.1, 0.15) is 5.75 Å². The van der Waals surface area contributed by atoms with Gasteiger partial charge < -0.3 is 10.1 Å². The minimum atomic E-state index is -4.74. The fourth-order valence-corrected chi connectivity index (χ4v) is 2.44. The molecule has 128 valence electrons. The van der Waals surface area contributed by atoms with Gasteiger partial charge in [0.25, 0.3) is 0 Å². The molecule has 0 saturated heterocycles. The van der Waals surface area contributed by atoms with E-state index in [1.165, 1.54) is 24.3 Å². The Hall–Kier alpha value is -3.09. The quantitative estimate of drug-likeness (QED) is 0.718. The number of hydrogen-bond donors (Lipinski definition) is 1. The Labute approximate surface area is 140 Å². The van der Waals surface area contributed by atoms with Crippen LogP contribution >= 0.6 is 0 Å². The highest BCUT2D eigenvalue weighted by atomic mass is 19.4. The maximum absolute atomic E-state index is 12.1. The first-order valence-electron chi connectivity index (χ1n) is 7.32. The van der Waals surface area contributed by atoms with Crippen molar-refractivity contribution in [3.63, 3.8) is 0 Å². The van der Waals surface area contributed by atoms with E-state index in [4.69, 9.17) is 0 Å². The molecular formula is C18H12F3NO3. The molecule has 0 aromatic heterocycles. The summed E-state index contributed by atoms with van der Waals surface area (Å²) < 4.78 is 40.2. The van der Waals surface area contributed by atoms with E-state index in [-0.39, 0.29) is 18.0 Å². The lowest BCUT2D eigenvalue weighted by molar-refractivity contribution is -0.274. The monoisotopic (exact) mass is 347 g/mol. The Morgan fingerprint density at radius 1 is 0.880 bits per heavy atom. The second kappa shape index (κ2) is 6.43. The molecule has 0 unspecified atom stereocenters. The molecule has 0 spiro atoms. The first-order chi connectivity index (χ1) is 11.8. The predicted molar refractivity (Wildman–Crippen MR) is 87.2 cm³/mol. The van der Waals surface area contributed by atoms with Gasteiger partial charge in [-0.25, -0.2) is 0 Å². The fourth-order valence-electron chi connectivity index (χ4n) is 2.44. The summed E-state index contributed by atoms with van der Waals surface area (Å²) in [5.74, 6) is -0.324. The molecule has 0 fully saturated rings. The molecule has 3 aromatic rings. The summed E-state index contributed by atoms with van der Waals surface area (Å²) in [7, 11) is 0. The Morgan fingerprint density at radius 2 is 1.52 bits per heavy atom. The van der Waals surface area contributed by atoms with E-state index < -0.39 is 17.2 Å². The highest BCUT2D eigenvalue weighted by Crippen LogP contribution is 2.25. The fraction of sp³-hybridized carbons (Fsp3) is 0.111. The van der Waals surface area contributed by atoms with Gasteiger partial charge in [-0.1, -0.05) is 42.5 Å². The molecule has 3 rings (SSSR count). The second-order valence-corrected chi connectivity index (χ2v) is 5.32. The number of benzene rings is 2. The zero-order valence-electron chi connectivity index (χ0n) is 12.8. The van der Waals surface area contributed by atoms with E-state index in [9.17, 15) is 22.8 Å².